The highest BCUT2D eigenvalue weighted by molar-refractivity contribution is 6.30. The van der Waals surface area contributed by atoms with Crippen LogP contribution in [0.25, 0.3) is 0 Å². The summed E-state index contributed by atoms with van der Waals surface area (Å²) in [5.74, 6) is 0.295. The van der Waals surface area contributed by atoms with Crippen LogP contribution in [0.1, 0.15) is 27.3 Å². The van der Waals surface area contributed by atoms with Gasteiger partial charge in [-0.2, -0.15) is 0 Å². The highest BCUT2D eigenvalue weighted by Gasteiger charge is 2.19. The number of pyridine rings is 1. The van der Waals surface area contributed by atoms with Gasteiger partial charge < -0.3 is 9.47 Å². The van der Waals surface area contributed by atoms with Crippen molar-refractivity contribution in [2.45, 2.75) is 13.0 Å². The Balaban J connectivity index is 1.61. The van der Waals surface area contributed by atoms with Gasteiger partial charge >= 0.3 is 0 Å². The molecule has 0 amide bonds. The second kappa shape index (κ2) is 6.33. The van der Waals surface area contributed by atoms with Crippen molar-refractivity contribution >= 4 is 23.1 Å². The largest absolute Gasteiger partial charge is 0.366 e. The van der Waals surface area contributed by atoms with Gasteiger partial charge in [-0.1, -0.05) is 17.7 Å². The molecule has 6 heteroatoms. The number of anilines is 1. The monoisotopic (exact) mass is 352 g/mol. The number of imidazole rings is 1. The standard InChI is InChI=1S/C19H17ClN4O/c1-23-7-5-22-19(23)18(25)15-9-17(11-21-10-15)24-6-4-13-8-16(20)3-2-14(13)12-24/h2-3,5,7-11H,4,6,12H2,1H3. The molecule has 1 aromatic carbocycles. The molecule has 1 aliphatic rings. The molecule has 0 spiro atoms. The number of benzene rings is 1. The average Bonchev–Trinajstić information content (AvgIpc) is 3.06. The fourth-order valence-electron chi connectivity index (χ4n) is 3.18. The summed E-state index contributed by atoms with van der Waals surface area (Å²) >= 11 is 6.08. The van der Waals surface area contributed by atoms with Gasteiger partial charge in [-0.25, -0.2) is 4.98 Å². The van der Waals surface area contributed by atoms with E-state index in [0.29, 0.717) is 11.4 Å². The first-order valence-corrected chi connectivity index (χ1v) is 8.49. The second-order valence-corrected chi connectivity index (χ2v) is 6.64. The number of hydrogen-bond acceptors (Lipinski definition) is 4. The Morgan fingerprint density at radius 2 is 2.08 bits per heavy atom. The smallest absolute Gasteiger partial charge is 0.230 e. The van der Waals surface area contributed by atoms with E-state index in [1.54, 1.807) is 29.4 Å². The topological polar surface area (TPSA) is 51.0 Å². The van der Waals surface area contributed by atoms with Crippen molar-refractivity contribution in [3.8, 4) is 0 Å². The van der Waals surface area contributed by atoms with Gasteiger partial charge in [-0.3, -0.25) is 9.78 Å². The van der Waals surface area contributed by atoms with Crippen molar-refractivity contribution in [2.24, 2.45) is 7.05 Å². The van der Waals surface area contributed by atoms with Gasteiger partial charge in [0.2, 0.25) is 5.78 Å². The van der Waals surface area contributed by atoms with Crippen LogP contribution in [0.3, 0.4) is 0 Å². The van der Waals surface area contributed by atoms with Crippen molar-refractivity contribution < 1.29 is 4.79 Å². The Kier molecular flexibility index (Phi) is 4.01. The number of hydrogen-bond donors (Lipinski definition) is 0. The number of fused-ring (bicyclic) bond motifs is 1. The van der Waals surface area contributed by atoms with Crippen LogP contribution in [0.2, 0.25) is 5.02 Å². The van der Waals surface area contributed by atoms with Gasteiger partial charge in [-0.05, 0) is 35.7 Å². The number of rotatable bonds is 3. The zero-order valence-corrected chi connectivity index (χ0v) is 14.6. The predicted octanol–water partition coefficient (Wildman–Crippen LogP) is 3.26. The Morgan fingerprint density at radius 1 is 1.20 bits per heavy atom. The van der Waals surface area contributed by atoms with Gasteiger partial charge in [0.25, 0.3) is 0 Å². The van der Waals surface area contributed by atoms with Crippen molar-refractivity contribution in [1.29, 1.82) is 0 Å². The summed E-state index contributed by atoms with van der Waals surface area (Å²) in [6.45, 7) is 1.66. The third kappa shape index (κ3) is 3.03. The molecule has 0 radical (unpaired) electrons. The molecule has 0 saturated heterocycles. The first kappa shape index (κ1) is 15.8. The lowest BCUT2D eigenvalue weighted by molar-refractivity contribution is 0.102. The molecule has 1 aliphatic heterocycles. The van der Waals surface area contributed by atoms with Crippen molar-refractivity contribution in [1.82, 2.24) is 14.5 Å². The highest BCUT2D eigenvalue weighted by Crippen LogP contribution is 2.26. The number of halogens is 1. The number of aryl methyl sites for hydroxylation is 1. The van der Waals surface area contributed by atoms with E-state index in [0.717, 1.165) is 30.2 Å². The number of nitrogens with zero attached hydrogens (tertiary/aromatic N) is 4. The van der Waals surface area contributed by atoms with E-state index in [-0.39, 0.29) is 5.78 Å². The molecule has 0 saturated carbocycles. The number of ketones is 1. The van der Waals surface area contributed by atoms with Crippen LogP contribution in [0.4, 0.5) is 5.69 Å². The molecule has 0 aliphatic carbocycles. The quantitative estimate of drug-likeness (QED) is 0.679. The predicted molar refractivity (Wildman–Crippen MR) is 97.1 cm³/mol. The summed E-state index contributed by atoms with van der Waals surface area (Å²) in [5, 5.41) is 0.775. The molecule has 3 aromatic rings. The Labute approximate surface area is 150 Å². The van der Waals surface area contributed by atoms with E-state index in [1.807, 2.05) is 25.2 Å². The zero-order valence-electron chi connectivity index (χ0n) is 13.8. The summed E-state index contributed by atoms with van der Waals surface area (Å²) in [7, 11) is 1.81. The van der Waals surface area contributed by atoms with Crippen molar-refractivity contribution in [3.63, 3.8) is 0 Å². The third-order valence-electron chi connectivity index (χ3n) is 4.56. The summed E-state index contributed by atoms with van der Waals surface area (Å²) in [6.07, 6.45) is 7.70. The Morgan fingerprint density at radius 3 is 2.88 bits per heavy atom. The minimum absolute atomic E-state index is 0.119. The average molecular weight is 353 g/mol. The lowest BCUT2D eigenvalue weighted by Crippen LogP contribution is -2.30. The van der Waals surface area contributed by atoms with Crippen LogP contribution in [0.15, 0.2) is 49.1 Å². The van der Waals surface area contributed by atoms with E-state index in [2.05, 4.69) is 20.9 Å². The van der Waals surface area contributed by atoms with E-state index >= 15 is 0 Å². The first-order valence-electron chi connectivity index (χ1n) is 8.11. The molecule has 25 heavy (non-hydrogen) atoms. The summed E-state index contributed by atoms with van der Waals surface area (Å²) in [5.41, 5.74) is 4.04. The zero-order chi connectivity index (χ0) is 17.4. The third-order valence-corrected chi connectivity index (χ3v) is 4.79. The van der Waals surface area contributed by atoms with Crippen molar-refractivity contribution in [2.75, 3.05) is 11.4 Å². The minimum Gasteiger partial charge on any atom is -0.366 e. The van der Waals surface area contributed by atoms with Crippen LogP contribution in [0.5, 0.6) is 0 Å². The maximum atomic E-state index is 12.6. The van der Waals surface area contributed by atoms with Crippen LogP contribution < -0.4 is 4.90 Å². The molecule has 5 nitrogen and oxygen atoms in total. The number of aromatic nitrogens is 3. The summed E-state index contributed by atoms with van der Waals surface area (Å²) in [6, 6.07) is 7.92. The first-order chi connectivity index (χ1) is 12.1. The van der Waals surface area contributed by atoms with E-state index in [4.69, 9.17) is 11.6 Å². The summed E-state index contributed by atoms with van der Waals surface area (Å²) < 4.78 is 1.72. The second-order valence-electron chi connectivity index (χ2n) is 6.21. The molecule has 3 heterocycles. The lowest BCUT2D eigenvalue weighted by Gasteiger charge is -2.30. The number of carbonyl (C=O) groups is 1. The molecule has 126 valence electrons. The SMILES string of the molecule is Cn1ccnc1C(=O)c1cncc(N2CCc3cc(Cl)ccc3C2)c1. The Bertz CT molecular complexity index is 950. The van der Waals surface area contributed by atoms with E-state index in [1.165, 1.54) is 11.1 Å². The number of carbonyl (C=O) groups excluding carboxylic acids is 1. The molecule has 0 unspecified atom stereocenters. The van der Waals surface area contributed by atoms with Gasteiger partial charge in [0.05, 0.1) is 11.9 Å². The molecule has 0 N–H and O–H groups in total. The molecule has 2 aromatic heterocycles. The molecule has 0 fully saturated rings. The highest BCUT2D eigenvalue weighted by atomic mass is 35.5. The Hall–Kier alpha value is -2.66. The van der Waals surface area contributed by atoms with Crippen LogP contribution in [0, 0.1) is 0 Å². The maximum Gasteiger partial charge on any atom is 0.230 e. The van der Waals surface area contributed by atoms with Gasteiger partial charge in [0, 0.05) is 49.3 Å². The lowest BCUT2D eigenvalue weighted by atomic mass is 9.99. The maximum absolute atomic E-state index is 12.6. The van der Waals surface area contributed by atoms with E-state index in [9.17, 15) is 4.79 Å². The minimum atomic E-state index is -0.119. The van der Waals surface area contributed by atoms with Crippen molar-refractivity contribution in [3.05, 3.63) is 76.6 Å². The van der Waals surface area contributed by atoms with Crippen LogP contribution >= 0.6 is 11.6 Å². The summed E-state index contributed by atoms with van der Waals surface area (Å²) in [4.78, 5) is 23.3. The van der Waals surface area contributed by atoms with E-state index < -0.39 is 0 Å². The molecular weight excluding hydrogens is 336 g/mol. The fraction of sp³-hybridized carbons (Fsp3) is 0.211. The van der Waals surface area contributed by atoms with Crippen LogP contribution in [-0.4, -0.2) is 26.9 Å². The molecule has 0 atom stereocenters. The van der Waals surface area contributed by atoms with Gasteiger partial charge in [0.15, 0.2) is 5.82 Å². The van der Waals surface area contributed by atoms with Crippen LogP contribution in [-0.2, 0) is 20.0 Å². The normalized spacial score (nSPS) is 13.6. The van der Waals surface area contributed by atoms with Gasteiger partial charge in [-0.15, -0.1) is 0 Å². The van der Waals surface area contributed by atoms with Gasteiger partial charge in [0.1, 0.15) is 0 Å². The molecular formula is C19H17ClN4O. The molecule has 4 rings (SSSR count). The molecule has 0 bridgehead atoms. The fourth-order valence-corrected chi connectivity index (χ4v) is 3.38.